The summed E-state index contributed by atoms with van der Waals surface area (Å²) in [6, 6.07) is 3.44. The van der Waals surface area contributed by atoms with Crippen LogP contribution in [0.2, 0.25) is 0 Å². The number of nitrogens with zero attached hydrogens (tertiary/aromatic N) is 4. The summed E-state index contributed by atoms with van der Waals surface area (Å²) in [6.45, 7) is 0.599. The maximum atomic E-state index is 12.7. The van der Waals surface area contributed by atoms with Gasteiger partial charge in [0.2, 0.25) is 16.0 Å². The zero-order chi connectivity index (χ0) is 21.9. The molecular formula is C15H18N6O7S2. The van der Waals surface area contributed by atoms with Gasteiger partial charge < -0.3 is 9.47 Å². The Morgan fingerprint density at radius 2 is 1.53 bits per heavy atom. The molecule has 0 aliphatic carbocycles. The lowest BCUT2D eigenvalue weighted by molar-refractivity contribution is 0.256. The van der Waals surface area contributed by atoms with Crippen molar-refractivity contribution in [3.05, 3.63) is 24.3 Å². The summed E-state index contributed by atoms with van der Waals surface area (Å²) in [7, 11) is -6.00. The summed E-state index contributed by atoms with van der Waals surface area (Å²) in [5.41, 5.74) is 0. The average molecular weight is 458 g/mol. The van der Waals surface area contributed by atoms with Gasteiger partial charge in [0.25, 0.3) is 10.0 Å². The molecule has 1 saturated heterocycles. The molecule has 15 heteroatoms. The van der Waals surface area contributed by atoms with Crippen LogP contribution in [-0.2, 0) is 20.0 Å². The van der Waals surface area contributed by atoms with E-state index < -0.39 is 35.9 Å². The number of rotatable bonds is 7. The Morgan fingerprint density at radius 3 is 2.03 bits per heavy atom. The van der Waals surface area contributed by atoms with E-state index in [2.05, 4.69) is 20.3 Å². The molecule has 2 amide bonds. The highest BCUT2D eigenvalue weighted by Gasteiger charge is 2.34. The average Bonchev–Trinajstić information content (AvgIpc) is 2.65. The van der Waals surface area contributed by atoms with Crippen LogP contribution in [0.1, 0.15) is 6.42 Å². The smallest absolute Gasteiger partial charge is 0.335 e. The number of urea groups is 1. The first kappa shape index (κ1) is 21.7. The molecule has 0 saturated carbocycles. The number of methoxy groups -OCH3 is 2. The van der Waals surface area contributed by atoms with Gasteiger partial charge in [-0.1, -0.05) is 12.1 Å². The first-order valence-corrected chi connectivity index (χ1v) is 11.4. The predicted molar refractivity (Wildman–Crippen MR) is 102 cm³/mol. The Bertz CT molecular complexity index is 1140. The molecule has 0 unspecified atom stereocenters. The zero-order valence-corrected chi connectivity index (χ0v) is 17.5. The van der Waals surface area contributed by atoms with Crippen LogP contribution in [0.4, 0.5) is 10.7 Å². The van der Waals surface area contributed by atoms with E-state index in [4.69, 9.17) is 9.47 Å². The Labute approximate surface area is 172 Å². The molecule has 0 bridgehead atoms. The van der Waals surface area contributed by atoms with Crippen molar-refractivity contribution in [1.82, 2.24) is 24.0 Å². The van der Waals surface area contributed by atoms with Gasteiger partial charge in [0.1, 0.15) is 9.79 Å². The van der Waals surface area contributed by atoms with Gasteiger partial charge in [0.05, 0.1) is 14.2 Å². The van der Waals surface area contributed by atoms with E-state index in [1.54, 1.807) is 4.72 Å². The van der Waals surface area contributed by atoms with Gasteiger partial charge in [0.15, 0.2) is 0 Å². The first-order valence-electron chi connectivity index (χ1n) is 8.44. The highest BCUT2D eigenvalue weighted by Crippen LogP contribution is 2.27. The molecule has 1 aliphatic rings. The molecule has 13 nitrogen and oxygen atoms in total. The second-order valence-corrected chi connectivity index (χ2v) is 9.45. The highest BCUT2D eigenvalue weighted by molar-refractivity contribution is 7.92. The number of carbonyl (C=O) groups is 1. The third-order valence-corrected chi connectivity index (χ3v) is 7.46. The zero-order valence-electron chi connectivity index (χ0n) is 15.9. The number of benzene rings is 1. The number of anilines is 1. The second-order valence-electron chi connectivity index (χ2n) is 5.90. The molecule has 0 spiro atoms. The largest absolute Gasteiger partial charge is 0.467 e. The summed E-state index contributed by atoms with van der Waals surface area (Å²) in [6.07, 6.45) is 0.688. The van der Waals surface area contributed by atoms with Gasteiger partial charge in [-0.25, -0.2) is 26.4 Å². The Balaban J connectivity index is 1.85. The monoisotopic (exact) mass is 458 g/mol. The van der Waals surface area contributed by atoms with E-state index in [0.717, 1.165) is 10.4 Å². The Kier molecular flexibility index (Phi) is 6.04. The third-order valence-electron chi connectivity index (χ3n) is 3.98. The number of nitrogens with one attached hydrogen (secondary N) is 2. The van der Waals surface area contributed by atoms with Gasteiger partial charge in [-0.2, -0.15) is 14.3 Å². The molecule has 1 aliphatic heterocycles. The minimum absolute atomic E-state index is 0.175. The summed E-state index contributed by atoms with van der Waals surface area (Å²) in [5, 5.41) is 2.11. The van der Waals surface area contributed by atoms with E-state index in [0.29, 0.717) is 19.5 Å². The first-order chi connectivity index (χ1) is 14.2. The lowest BCUT2D eigenvalue weighted by atomic mass is 10.3. The van der Waals surface area contributed by atoms with Crippen LogP contribution in [-0.4, -0.2) is 69.4 Å². The van der Waals surface area contributed by atoms with Crippen LogP contribution < -0.4 is 19.5 Å². The molecule has 1 fully saturated rings. The van der Waals surface area contributed by atoms with Crippen LogP contribution in [0, 0.1) is 0 Å². The number of sulfonamides is 2. The number of hydrogen-bond acceptors (Lipinski definition) is 10. The summed E-state index contributed by atoms with van der Waals surface area (Å²) >= 11 is 0. The molecule has 2 heterocycles. The van der Waals surface area contributed by atoms with E-state index in [1.165, 1.54) is 32.4 Å². The van der Waals surface area contributed by atoms with Crippen molar-refractivity contribution in [2.45, 2.75) is 16.2 Å². The van der Waals surface area contributed by atoms with Crippen LogP contribution in [0.5, 0.6) is 12.0 Å². The van der Waals surface area contributed by atoms with Crippen molar-refractivity contribution in [2.75, 3.05) is 32.6 Å². The fourth-order valence-corrected chi connectivity index (χ4v) is 5.66. The molecule has 162 valence electrons. The van der Waals surface area contributed by atoms with Crippen molar-refractivity contribution in [2.24, 2.45) is 0 Å². The Hall–Kier alpha value is -3.04. The molecule has 2 aromatic rings. The maximum Gasteiger partial charge on any atom is 0.335 e. The highest BCUT2D eigenvalue weighted by atomic mass is 32.2. The van der Waals surface area contributed by atoms with Gasteiger partial charge >= 0.3 is 18.1 Å². The molecular weight excluding hydrogens is 440 g/mol. The SMILES string of the molecule is COc1nc(NC(=O)NS(=O)(=O)c2ccccc2S(=O)(=O)N2CCC2)nc(OC)n1. The number of amides is 2. The third kappa shape index (κ3) is 4.42. The fraction of sp³-hybridized carbons (Fsp3) is 0.333. The number of aromatic nitrogens is 3. The Morgan fingerprint density at radius 1 is 0.967 bits per heavy atom. The molecule has 0 radical (unpaired) electrons. The maximum absolute atomic E-state index is 12.7. The van der Waals surface area contributed by atoms with Gasteiger partial charge in [-0.3, -0.25) is 5.32 Å². The molecule has 2 N–H and O–H groups in total. The number of hydrogen-bond donors (Lipinski definition) is 2. The van der Waals surface area contributed by atoms with Crippen LogP contribution >= 0.6 is 0 Å². The van der Waals surface area contributed by atoms with Crippen LogP contribution in [0.25, 0.3) is 0 Å². The normalized spacial score (nSPS) is 14.5. The summed E-state index contributed by atoms with van der Waals surface area (Å²) in [4.78, 5) is 22.5. The number of ether oxygens (including phenoxy) is 2. The van der Waals surface area contributed by atoms with Gasteiger partial charge in [-0.05, 0) is 18.6 Å². The quantitative estimate of drug-likeness (QED) is 0.566. The van der Waals surface area contributed by atoms with Crippen molar-refractivity contribution >= 4 is 32.0 Å². The second kappa shape index (κ2) is 8.37. The van der Waals surface area contributed by atoms with Gasteiger partial charge in [-0.15, -0.1) is 4.98 Å². The van der Waals surface area contributed by atoms with Crippen molar-refractivity contribution < 1.29 is 31.1 Å². The number of carbonyl (C=O) groups excluding carboxylic acids is 1. The van der Waals surface area contributed by atoms with Crippen molar-refractivity contribution in [3.8, 4) is 12.0 Å². The lowest BCUT2D eigenvalue weighted by Gasteiger charge is -2.30. The predicted octanol–water partition coefficient (Wildman–Crippen LogP) is -0.206. The fourth-order valence-electron chi connectivity index (χ4n) is 2.43. The summed E-state index contributed by atoms with van der Waals surface area (Å²) < 4.78 is 63.4. The molecule has 3 rings (SSSR count). The minimum atomic E-state index is -4.54. The van der Waals surface area contributed by atoms with E-state index in [-0.39, 0.29) is 18.0 Å². The van der Waals surface area contributed by atoms with Crippen molar-refractivity contribution in [3.63, 3.8) is 0 Å². The molecule has 1 aromatic carbocycles. The lowest BCUT2D eigenvalue weighted by Crippen LogP contribution is -2.43. The van der Waals surface area contributed by atoms with Crippen LogP contribution in [0.15, 0.2) is 34.1 Å². The standard InChI is InChI=1S/C15H18N6O7S2/c1-27-14-17-12(18-15(19-14)28-2)16-13(22)20-29(23,24)10-6-3-4-7-11(10)30(25,26)21-8-5-9-21/h3-4,6-7H,5,8-9H2,1-2H3,(H2,16,17,18,19,20,22). The van der Waals surface area contributed by atoms with Crippen molar-refractivity contribution in [1.29, 1.82) is 0 Å². The van der Waals surface area contributed by atoms with E-state index in [1.807, 2.05) is 0 Å². The van der Waals surface area contributed by atoms with Gasteiger partial charge in [0, 0.05) is 13.1 Å². The van der Waals surface area contributed by atoms with E-state index >= 15 is 0 Å². The molecule has 1 aromatic heterocycles. The molecule has 0 atom stereocenters. The van der Waals surface area contributed by atoms with Crippen LogP contribution in [0.3, 0.4) is 0 Å². The topological polar surface area (TPSA) is 170 Å². The minimum Gasteiger partial charge on any atom is -0.467 e. The van der Waals surface area contributed by atoms with E-state index in [9.17, 15) is 21.6 Å². The molecule has 30 heavy (non-hydrogen) atoms. The summed E-state index contributed by atoms with van der Waals surface area (Å²) in [5.74, 6) is -0.340.